The van der Waals surface area contributed by atoms with E-state index in [9.17, 15) is 18.0 Å². The van der Waals surface area contributed by atoms with Crippen LogP contribution in [-0.2, 0) is 6.42 Å². The van der Waals surface area contributed by atoms with Crippen molar-refractivity contribution in [1.29, 1.82) is 0 Å². The number of carbonyl (C=O) groups is 1. The predicted octanol–water partition coefficient (Wildman–Crippen LogP) is 5.36. The number of benzene rings is 3. The molecule has 0 bridgehead atoms. The zero-order valence-electron chi connectivity index (χ0n) is 17.1. The van der Waals surface area contributed by atoms with Gasteiger partial charge < -0.3 is 15.0 Å². The maximum absolute atomic E-state index is 13.3. The van der Waals surface area contributed by atoms with Gasteiger partial charge in [0.1, 0.15) is 11.6 Å². The number of ether oxygens (including phenoxy) is 1. The molecular weight excluding hydrogens is 419 g/mol. The first kappa shape index (κ1) is 21.4. The molecule has 0 aliphatic rings. The SMILES string of the molecule is COc1ccc(C(Cc2ccc(F)cc2)NC(=O)c2ccc3nc(C(F)F)[nH]c3c2)cc1. The Morgan fingerprint density at radius 1 is 1.06 bits per heavy atom. The third-order valence-corrected chi connectivity index (χ3v) is 5.15. The number of fused-ring (bicyclic) bond motifs is 1. The van der Waals surface area contributed by atoms with Crippen LogP contribution < -0.4 is 10.1 Å². The summed E-state index contributed by atoms with van der Waals surface area (Å²) in [6.07, 6.45) is -2.30. The summed E-state index contributed by atoms with van der Waals surface area (Å²) in [4.78, 5) is 19.4. The first-order valence-electron chi connectivity index (χ1n) is 9.90. The molecule has 4 rings (SSSR count). The number of nitrogens with one attached hydrogen (secondary N) is 2. The maximum Gasteiger partial charge on any atom is 0.295 e. The van der Waals surface area contributed by atoms with Gasteiger partial charge in [0.05, 0.1) is 24.2 Å². The molecule has 0 aliphatic carbocycles. The van der Waals surface area contributed by atoms with Crippen molar-refractivity contribution in [3.05, 3.63) is 95.1 Å². The van der Waals surface area contributed by atoms with E-state index in [2.05, 4.69) is 15.3 Å². The van der Waals surface area contributed by atoms with Gasteiger partial charge in [0.25, 0.3) is 12.3 Å². The van der Waals surface area contributed by atoms with E-state index in [1.165, 1.54) is 30.3 Å². The molecule has 1 unspecified atom stereocenters. The summed E-state index contributed by atoms with van der Waals surface area (Å²) in [5, 5.41) is 2.99. The summed E-state index contributed by atoms with van der Waals surface area (Å²) >= 11 is 0. The highest BCUT2D eigenvalue weighted by molar-refractivity contribution is 5.97. The average Bonchev–Trinajstić information content (AvgIpc) is 3.24. The zero-order chi connectivity index (χ0) is 22.7. The van der Waals surface area contributed by atoms with Crippen LogP contribution in [0.4, 0.5) is 13.2 Å². The van der Waals surface area contributed by atoms with Gasteiger partial charge in [-0.25, -0.2) is 18.2 Å². The van der Waals surface area contributed by atoms with E-state index in [1.54, 1.807) is 31.4 Å². The lowest BCUT2D eigenvalue weighted by molar-refractivity contribution is 0.0936. The fraction of sp³-hybridized carbons (Fsp3) is 0.167. The number of rotatable bonds is 7. The number of hydrogen-bond acceptors (Lipinski definition) is 3. The van der Waals surface area contributed by atoms with E-state index in [4.69, 9.17) is 4.74 Å². The van der Waals surface area contributed by atoms with E-state index >= 15 is 0 Å². The minimum absolute atomic E-state index is 0.305. The van der Waals surface area contributed by atoms with E-state index in [0.717, 1.165) is 11.1 Å². The highest BCUT2D eigenvalue weighted by Gasteiger charge is 2.19. The summed E-state index contributed by atoms with van der Waals surface area (Å²) in [5.74, 6) is -0.469. The molecule has 2 N–H and O–H groups in total. The van der Waals surface area contributed by atoms with Gasteiger partial charge >= 0.3 is 0 Å². The predicted molar refractivity (Wildman–Crippen MR) is 114 cm³/mol. The Balaban J connectivity index is 1.60. The number of aromatic nitrogens is 2. The molecule has 0 spiro atoms. The number of hydrogen-bond donors (Lipinski definition) is 2. The van der Waals surface area contributed by atoms with Crippen LogP contribution in [0, 0.1) is 5.82 Å². The number of imidazole rings is 1. The van der Waals surface area contributed by atoms with Crippen LogP contribution >= 0.6 is 0 Å². The Hall–Kier alpha value is -3.81. The van der Waals surface area contributed by atoms with Crippen LogP contribution in [0.3, 0.4) is 0 Å². The lowest BCUT2D eigenvalue weighted by Gasteiger charge is -2.20. The molecule has 1 atom stereocenters. The maximum atomic E-state index is 13.3. The number of methoxy groups -OCH3 is 1. The fourth-order valence-electron chi connectivity index (χ4n) is 3.46. The Bertz CT molecular complexity index is 1220. The number of alkyl halides is 2. The molecule has 0 radical (unpaired) electrons. The van der Waals surface area contributed by atoms with E-state index in [-0.39, 0.29) is 11.7 Å². The Morgan fingerprint density at radius 3 is 2.44 bits per heavy atom. The molecule has 0 saturated heterocycles. The number of halogens is 3. The molecule has 0 saturated carbocycles. The van der Waals surface area contributed by atoms with Crippen molar-refractivity contribution >= 4 is 16.9 Å². The van der Waals surface area contributed by atoms with Gasteiger partial charge in [0, 0.05) is 5.56 Å². The van der Waals surface area contributed by atoms with Gasteiger partial charge in [0.15, 0.2) is 5.82 Å². The molecule has 4 aromatic rings. The van der Waals surface area contributed by atoms with Crippen LogP contribution in [0.1, 0.15) is 39.8 Å². The van der Waals surface area contributed by atoms with E-state index in [0.29, 0.717) is 28.8 Å². The van der Waals surface area contributed by atoms with Crippen LogP contribution in [0.15, 0.2) is 66.7 Å². The zero-order valence-corrected chi connectivity index (χ0v) is 17.1. The van der Waals surface area contributed by atoms with E-state index < -0.39 is 18.3 Å². The van der Waals surface area contributed by atoms with Crippen molar-refractivity contribution < 1.29 is 22.7 Å². The molecule has 3 aromatic carbocycles. The largest absolute Gasteiger partial charge is 0.497 e. The highest BCUT2D eigenvalue weighted by atomic mass is 19.3. The topological polar surface area (TPSA) is 67.0 Å². The molecule has 0 fully saturated rings. The fourth-order valence-corrected chi connectivity index (χ4v) is 3.46. The molecule has 164 valence electrons. The minimum atomic E-state index is -2.73. The number of carbonyl (C=O) groups excluding carboxylic acids is 1. The third-order valence-electron chi connectivity index (χ3n) is 5.15. The molecule has 0 aliphatic heterocycles. The second-order valence-corrected chi connectivity index (χ2v) is 7.28. The monoisotopic (exact) mass is 439 g/mol. The lowest BCUT2D eigenvalue weighted by atomic mass is 9.98. The minimum Gasteiger partial charge on any atom is -0.497 e. The molecule has 5 nitrogen and oxygen atoms in total. The van der Waals surface area contributed by atoms with Gasteiger partial charge in [-0.1, -0.05) is 24.3 Å². The molecule has 1 aromatic heterocycles. The molecule has 32 heavy (non-hydrogen) atoms. The molecular formula is C24H20F3N3O2. The smallest absolute Gasteiger partial charge is 0.295 e. The van der Waals surface area contributed by atoms with Gasteiger partial charge in [-0.15, -0.1) is 0 Å². The van der Waals surface area contributed by atoms with Crippen molar-refractivity contribution in [1.82, 2.24) is 15.3 Å². The Labute approximate surface area is 182 Å². The van der Waals surface area contributed by atoms with Crippen molar-refractivity contribution in [2.24, 2.45) is 0 Å². The first-order valence-corrected chi connectivity index (χ1v) is 9.90. The molecule has 8 heteroatoms. The van der Waals surface area contributed by atoms with Crippen LogP contribution in [0.5, 0.6) is 5.75 Å². The van der Waals surface area contributed by atoms with Crippen LogP contribution in [-0.4, -0.2) is 23.0 Å². The van der Waals surface area contributed by atoms with Crippen molar-refractivity contribution in [3.63, 3.8) is 0 Å². The van der Waals surface area contributed by atoms with Crippen LogP contribution in [0.2, 0.25) is 0 Å². The second-order valence-electron chi connectivity index (χ2n) is 7.28. The number of nitrogens with zero attached hydrogens (tertiary/aromatic N) is 1. The first-order chi connectivity index (χ1) is 15.4. The van der Waals surface area contributed by atoms with Gasteiger partial charge in [-0.05, 0) is 60.0 Å². The van der Waals surface area contributed by atoms with Gasteiger partial charge in [0.2, 0.25) is 0 Å². The Morgan fingerprint density at radius 2 is 1.78 bits per heavy atom. The molecule has 1 heterocycles. The Kier molecular flexibility index (Phi) is 6.11. The second kappa shape index (κ2) is 9.13. The number of H-pyrrole nitrogens is 1. The quantitative estimate of drug-likeness (QED) is 0.407. The molecule has 1 amide bonds. The van der Waals surface area contributed by atoms with Crippen LogP contribution in [0.25, 0.3) is 11.0 Å². The van der Waals surface area contributed by atoms with Crippen molar-refractivity contribution in [2.75, 3.05) is 7.11 Å². The standard InChI is InChI=1S/C24H20F3N3O2/c1-32-18-9-4-15(5-10-18)20(12-14-2-7-17(25)8-3-14)30-24(31)16-6-11-19-21(13-16)29-23(28-19)22(26)27/h2-11,13,20,22H,12H2,1H3,(H,28,29)(H,30,31). The average molecular weight is 439 g/mol. The third kappa shape index (κ3) is 4.74. The summed E-state index contributed by atoms with van der Waals surface area (Å²) in [6, 6.07) is 17.5. The van der Waals surface area contributed by atoms with Crippen molar-refractivity contribution in [2.45, 2.75) is 18.9 Å². The van der Waals surface area contributed by atoms with Gasteiger partial charge in [-0.3, -0.25) is 4.79 Å². The van der Waals surface area contributed by atoms with Crippen molar-refractivity contribution in [3.8, 4) is 5.75 Å². The summed E-state index contributed by atoms with van der Waals surface area (Å²) in [6.45, 7) is 0. The van der Waals surface area contributed by atoms with E-state index in [1.807, 2.05) is 12.1 Å². The normalized spacial score (nSPS) is 12.2. The van der Waals surface area contributed by atoms with Gasteiger partial charge in [-0.2, -0.15) is 0 Å². The summed E-state index contributed by atoms with van der Waals surface area (Å²) in [7, 11) is 1.57. The summed E-state index contributed by atoms with van der Waals surface area (Å²) < 4.78 is 44.3. The number of amides is 1. The highest BCUT2D eigenvalue weighted by Crippen LogP contribution is 2.24. The summed E-state index contributed by atoms with van der Waals surface area (Å²) in [5.41, 5.74) is 2.70. The number of aromatic amines is 1. The lowest BCUT2D eigenvalue weighted by Crippen LogP contribution is -2.30.